The molecule has 4 heteroatoms. The van der Waals surface area contributed by atoms with Crippen molar-refractivity contribution < 1.29 is 9.84 Å². The van der Waals surface area contributed by atoms with Crippen molar-refractivity contribution in [3.63, 3.8) is 0 Å². The first kappa shape index (κ1) is 15.6. The van der Waals surface area contributed by atoms with E-state index in [1.807, 2.05) is 36.4 Å². The van der Waals surface area contributed by atoms with Crippen molar-refractivity contribution in [2.45, 2.75) is 19.4 Å². The van der Waals surface area contributed by atoms with Crippen LogP contribution in [0.25, 0.3) is 0 Å². The molecule has 2 nitrogen and oxygen atoms in total. The summed E-state index contributed by atoms with van der Waals surface area (Å²) >= 11 is 8.26. The van der Waals surface area contributed by atoms with Gasteiger partial charge in [0, 0.05) is 3.57 Å². The quantitative estimate of drug-likeness (QED) is 0.727. The fraction of sp³-hybridized carbons (Fsp3) is 0.250. The topological polar surface area (TPSA) is 29.5 Å². The summed E-state index contributed by atoms with van der Waals surface area (Å²) in [6.45, 7) is 2.77. The van der Waals surface area contributed by atoms with Gasteiger partial charge in [-0.05, 0) is 64.4 Å². The van der Waals surface area contributed by atoms with Crippen LogP contribution in [0.4, 0.5) is 0 Å². The minimum atomic E-state index is -0.676. The maximum Gasteiger partial charge on any atom is 0.119 e. The lowest BCUT2D eigenvalue weighted by Gasteiger charge is -2.13. The van der Waals surface area contributed by atoms with Gasteiger partial charge in [0.2, 0.25) is 0 Å². The van der Waals surface area contributed by atoms with E-state index in [1.165, 1.54) is 0 Å². The highest BCUT2D eigenvalue weighted by Crippen LogP contribution is 2.28. The molecular weight excluding hydrogens is 387 g/mol. The Kier molecular flexibility index (Phi) is 5.69. The summed E-state index contributed by atoms with van der Waals surface area (Å²) in [6, 6.07) is 13.1. The lowest BCUT2D eigenvalue weighted by Crippen LogP contribution is -2.00. The third kappa shape index (κ3) is 3.87. The third-order valence-electron chi connectivity index (χ3n) is 2.93. The number of ether oxygens (including phenoxy) is 1. The maximum absolute atomic E-state index is 10.4. The van der Waals surface area contributed by atoms with Gasteiger partial charge in [0.15, 0.2) is 0 Å². The Morgan fingerprint density at radius 3 is 2.40 bits per heavy atom. The zero-order valence-corrected chi connectivity index (χ0v) is 14.1. The van der Waals surface area contributed by atoms with Crippen molar-refractivity contribution >= 4 is 34.2 Å². The average molecular weight is 403 g/mol. The Bertz CT molecular complexity index is 569. The molecule has 0 spiro atoms. The predicted octanol–water partition coefficient (Wildman–Crippen LogP) is 4.82. The summed E-state index contributed by atoms with van der Waals surface area (Å²) < 4.78 is 6.50. The van der Waals surface area contributed by atoms with E-state index in [4.69, 9.17) is 16.3 Å². The summed E-state index contributed by atoms with van der Waals surface area (Å²) in [5.41, 5.74) is 1.61. The molecule has 0 bridgehead atoms. The molecule has 2 aromatic rings. The van der Waals surface area contributed by atoms with Gasteiger partial charge < -0.3 is 9.84 Å². The molecule has 20 heavy (non-hydrogen) atoms. The number of hydrogen-bond donors (Lipinski definition) is 1. The van der Waals surface area contributed by atoms with Crippen molar-refractivity contribution in [1.82, 2.24) is 0 Å². The zero-order chi connectivity index (χ0) is 14.5. The Hall–Kier alpha value is -0.780. The molecule has 0 aromatic heterocycles. The van der Waals surface area contributed by atoms with Gasteiger partial charge in [-0.3, -0.25) is 0 Å². The Labute approximate surface area is 137 Å². The number of rotatable bonds is 5. The third-order valence-corrected chi connectivity index (χ3v) is 4.50. The van der Waals surface area contributed by atoms with Gasteiger partial charge in [-0.1, -0.05) is 36.7 Å². The number of benzene rings is 2. The molecule has 0 saturated carbocycles. The Morgan fingerprint density at radius 1 is 1.15 bits per heavy atom. The SMILES string of the molecule is CCCOc1ccc(C(O)c2ccc(I)c(Cl)c2)cc1. The van der Waals surface area contributed by atoms with Crippen LogP contribution in [0.2, 0.25) is 5.02 Å². The molecule has 0 fully saturated rings. The highest BCUT2D eigenvalue weighted by Gasteiger charge is 2.12. The van der Waals surface area contributed by atoms with Gasteiger partial charge in [-0.25, -0.2) is 0 Å². The number of aliphatic hydroxyl groups excluding tert-OH is 1. The molecule has 0 aliphatic heterocycles. The first-order chi connectivity index (χ1) is 9.61. The second-order valence-corrected chi connectivity index (χ2v) is 6.06. The van der Waals surface area contributed by atoms with Gasteiger partial charge >= 0.3 is 0 Å². The van der Waals surface area contributed by atoms with Gasteiger partial charge in [-0.2, -0.15) is 0 Å². The van der Waals surface area contributed by atoms with E-state index in [2.05, 4.69) is 29.5 Å². The van der Waals surface area contributed by atoms with Crippen LogP contribution in [0, 0.1) is 3.57 Å². The smallest absolute Gasteiger partial charge is 0.119 e. The van der Waals surface area contributed by atoms with E-state index in [-0.39, 0.29) is 0 Å². The van der Waals surface area contributed by atoms with E-state index < -0.39 is 6.10 Å². The maximum atomic E-state index is 10.4. The van der Waals surface area contributed by atoms with Crippen LogP contribution in [0.1, 0.15) is 30.6 Å². The van der Waals surface area contributed by atoms with E-state index in [0.29, 0.717) is 11.6 Å². The Balaban J connectivity index is 2.15. The van der Waals surface area contributed by atoms with Crippen molar-refractivity contribution in [2.24, 2.45) is 0 Å². The summed E-state index contributed by atoms with van der Waals surface area (Å²) in [7, 11) is 0. The first-order valence-corrected chi connectivity index (χ1v) is 7.93. The predicted molar refractivity (Wildman–Crippen MR) is 90.5 cm³/mol. The normalized spacial score (nSPS) is 12.2. The molecule has 1 N–H and O–H groups in total. The molecule has 1 atom stereocenters. The minimum absolute atomic E-state index is 0.657. The first-order valence-electron chi connectivity index (χ1n) is 6.47. The largest absolute Gasteiger partial charge is 0.494 e. The molecule has 106 valence electrons. The highest BCUT2D eigenvalue weighted by molar-refractivity contribution is 14.1. The van der Waals surface area contributed by atoms with E-state index >= 15 is 0 Å². The fourth-order valence-electron chi connectivity index (χ4n) is 1.84. The minimum Gasteiger partial charge on any atom is -0.494 e. The lowest BCUT2D eigenvalue weighted by molar-refractivity contribution is 0.220. The summed E-state index contributed by atoms with van der Waals surface area (Å²) in [4.78, 5) is 0. The van der Waals surface area contributed by atoms with E-state index in [0.717, 1.165) is 26.9 Å². The molecular formula is C16H16ClIO2. The van der Waals surface area contributed by atoms with Crippen LogP contribution in [-0.4, -0.2) is 11.7 Å². The van der Waals surface area contributed by atoms with Crippen LogP contribution >= 0.6 is 34.2 Å². The highest BCUT2D eigenvalue weighted by atomic mass is 127. The molecule has 0 aliphatic rings. The van der Waals surface area contributed by atoms with E-state index in [9.17, 15) is 5.11 Å². The van der Waals surface area contributed by atoms with Gasteiger partial charge in [0.1, 0.15) is 11.9 Å². The number of aliphatic hydroxyl groups is 1. The molecule has 0 aliphatic carbocycles. The van der Waals surface area contributed by atoms with Crippen LogP contribution in [0.15, 0.2) is 42.5 Å². The molecule has 2 rings (SSSR count). The molecule has 0 radical (unpaired) electrons. The summed E-state index contributed by atoms with van der Waals surface area (Å²) in [6.07, 6.45) is 0.302. The number of halogens is 2. The van der Waals surface area contributed by atoms with Gasteiger partial charge in [0.05, 0.1) is 11.6 Å². The van der Waals surface area contributed by atoms with Crippen molar-refractivity contribution in [3.05, 3.63) is 62.2 Å². The molecule has 0 saturated heterocycles. The molecule has 1 unspecified atom stereocenters. The molecule has 2 aromatic carbocycles. The Morgan fingerprint density at radius 2 is 1.80 bits per heavy atom. The van der Waals surface area contributed by atoms with Crippen LogP contribution in [0.3, 0.4) is 0 Å². The molecule has 0 heterocycles. The van der Waals surface area contributed by atoms with Crippen LogP contribution in [-0.2, 0) is 0 Å². The van der Waals surface area contributed by atoms with E-state index in [1.54, 1.807) is 6.07 Å². The van der Waals surface area contributed by atoms with Crippen LogP contribution < -0.4 is 4.74 Å². The summed E-state index contributed by atoms with van der Waals surface area (Å²) in [5.74, 6) is 0.823. The lowest BCUT2D eigenvalue weighted by atomic mass is 10.0. The van der Waals surface area contributed by atoms with Crippen LogP contribution in [0.5, 0.6) is 5.75 Å². The van der Waals surface area contributed by atoms with Crippen molar-refractivity contribution in [3.8, 4) is 5.75 Å². The zero-order valence-electron chi connectivity index (χ0n) is 11.1. The average Bonchev–Trinajstić information content (AvgIpc) is 2.48. The second-order valence-electron chi connectivity index (χ2n) is 4.49. The van der Waals surface area contributed by atoms with Gasteiger partial charge in [0.25, 0.3) is 0 Å². The fourth-order valence-corrected chi connectivity index (χ4v) is 2.37. The standard InChI is InChI=1S/C16H16ClIO2/c1-2-9-20-13-6-3-11(4-7-13)16(19)12-5-8-15(18)14(17)10-12/h3-8,10,16,19H,2,9H2,1H3. The van der Waals surface area contributed by atoms with Crippen molar-refractivity contribution in [1.29, 1.82) is 0 Å². The monoisotopic (exact) mass is 402 g/mol. The second kappa shape index (κ2) is 7.29. The van der Waals surface area contributed by atoms with Gasteiger partial charge in [-0.15, -0.1) is 0 Å². The number of hydrogen-bond acceptors (Lipinski definition) is 2. The summed E-state index contributed by atoms with van der Waals surface area (Å²) in [5, 5.41) is 11.0. The van der Waals surface area contributed by atoms with Crippen molar-refractivity contribution in [2.75, 3.05) is 6.61 Å². The molecule has 0 amide bonds.